The van der Waals surface area contributed by atoms with E-state index in [9.17, 15) is 0 Å². The van der Waals surface area contributed by atoms with Gasteiger partial charge in [-0.15, -0.1) is 10.2 Å². The van der Waals surface area contributed by atoms with Crippen molar-refractivity contribution < 1.29 is 0 Å². The Morgan fingerprint density at radius 2 is 1.83 bits per heavy atom. The molecule has 1 fully saturated rings. The molecule has 0 N–H and O–H groups in total. The molecule has 6 heteroatoms. The van der Waals surface area contributed by atoms with Gasteiger partial charge in [-0.2, -0.15) is 9.61 Å². The Labute approximate surface area is 135 Å². The average molecular weight is 308 g/mol. The predicted molar refractivity (Wildman–Crippen MR) is 89.5 cm³/mol. The lowest BCUT2D eigenvalue weighted by molar-refractivity contribution is 0.250. The van der Waals surface area contributed by atoms with Crippen LogP contribution < -0.4 is 4.90 Å². The molecule has 3 aromatic rings. The van der Waals surface area contributed by atoms with E-state index in [1.807, 2.05) is 6.92 Å². The maximum atomic E-state index is 4.42. The highest BCUT2D eigenvalue weighted by atomic mass is 15.4. The van der Waals surface area contributed by atoms with Crippen molar-refractivity contribution in [3.8, 4) is 0 Å². The minimum atomic E-state index is 0.840. The maximum absolute atomic E-state index is 4.42. The molecule has 2 aromatic heterocycles. The van der Waals surface area contributed by atoms with Crippen molar-refractivity contribution in [1.82, 2.24) is 24.7 Å². The van der Waals surface area contributed by atoms with Crippen molar-refractivity contribution >= 4 is 11.3 Å². The van der Waals surface area contributed by atoms with E-state index in [4.69, 9.17) is 0 Å². The number of fused-ring (bicyclic) bond motifs is 1. The summed E-state index contributed by atoms with van der Waals surface area (Å²) in [5.74, 6) is 0. The molecular weight excluding hydrogens is 288 g/mol. The van der Waals surface area contributed by atoms with Crippen molar-refractivity contribution in [3.63, 3.8) is 0 Å². The molecule has 0 amide bonds. The molecule has 0 unspecified atom stereocenters. The van der Waals surface area contributed by atoms with Gasteiger partial charge in [0.1, 0.15) is 6.33 Å². The van der Waals surface area contributed by atoms with Gasteiger partial charge >= 0.3 is 0 Å². The highest BCUT2D eigenvalue weighted by Crippen LogP contribution is 2.22. The Bertz CT molecular complexity index is 789. The van der Waals surface area contributed by atoms with Crippen molar-refractivity contribution in [2.24, 2.45) is 0 Å². The number of anilines is 1. The van der Waals surface area contributed by atoms with Gasteiger partial charge < -0.3 is 4.90 Å². The molecule has 0 atom stereocenters. The van der Waals surface area contributed by atoms with Gasteiger partial charge in [-0.05, 0) is 18.6 Å². The van der Waals surface area contributed by atoms with Gasteiger partial charge in [0.2, 0.25) is 5.65 Å². The number of benzene rings is 1. The molecule has 6 nitrogen and oxygen atoms in total. The maximum Gasteiger partial charge on any atom is 0.200 e. The second-order valence-electron chi connectivity index (χ2n) is 6.02. The van der Waals surface area contributed by atoms with Crippen molar-refractivity contribution in [1.29, 1.82) is 0 Å². The minimum Gasteiger partial charge on any atom is -0.366 e. The van der Waals surface area contributed by atoms with Crippen LogP contribution in [-0.4, -0.2) is 50.9 Å². The fraction of sp³-hybridized carbons (Fsp3) is 0.353. The Morgan fingerprint density at radius 3 is 2.61 bits per heavy atom. The third-order valence-electron chi connectivity index (χ3n) is 4.33. The van der Waals surface area contributed by atoms with E-state index in [0.29, 0.717) is 0 Å². The summed E-state index contributed by atoms with van der Waals surface area (Å²) in [5.41, 5.74) is 4.33. The lowest BCUT2D eigenvalue weighted by Gasteiger charge is -2.36. The Balaban J connectivity index is 1.47. The molecule has 0 bridgehead atoms. The van der Waals surface area contributed by atoms with Gasteiger partial charge in [0.15, 0.2) is 0 Å². The Kier molecular flexibility index (Phi) is 3.67. The zero-order valence-electron chi connectivity index (χ0n) is 13.3. The van der Waals surface area contributed by atoms with Crippen LogP contribution in [0.25, 0.3) is 5.65 Å². The third-order valence-corrected chi connectivity index (χ3v) is 4.33. The van der Waals surface area contributed by atoms with Gasteiger partial charge in [0, 0.05) is 32.7 Å². The molecule has 23 heavy (non-hydrogen) atoms. The molecule has 4 rings (SSSR count). The molecule has 1 saturated heterocycles. The van der Waals surface area contributed by atoms with Gasteiger partial charge in [0.05, 0.1) is 11.4 Å². The Hall–Kier alpha value is -2.47. The van der Waals surface area contributed by atoms with E-state index in [1.54, 1.807) is 10.8 Å². The summed E-state index contributed by atoms with van der Waals surface area (Å²) < 4.78 is 1.76. The highest BCUT2D eigenvalue weighted by Gasteiger charge is 2.20. The van der Waals surface area contributed by atoms with E-state index in [0.717, 1.165) is 49.8 Å². The first-order valence-corrected chi connectivity index (χ1v) is 7.98. The molecule has 1 aromatic carbocycles. The summed E-state index contributed by atoms with van der Waals surface area (Å²) in [6.45, 7) is 7.13. The SMILES string of the molecule is Cc1cc(N2CCN(Cc3ccccc3)CC2)c2nncn2n1. The monoisotopic (exact) mass is 308 g/mol. The number of aromatic nitrogens is 4. The molecule has 1 aliphatic rings. The zero-order chi connectivity index (χ0) is 15.6. The first-order valence-electron chi connectivity index (χ1n) is 7.98. The van der Waals surface area contributed by atoms with E-state index >= 15 is 0 Å². The summed E-state index contributed by atoms with van der Waals surface area (Å²) in [7, 11) is 0. The van der Waals surface area contributed by atoms with Crippen LogP contribution in [0.5, 0.6) is 0 Å². The second kappa shape index (κ2) is 5.96. The van der Waals surface area contributed by atoms with Crippen molar-refractivity contribution in [2.75, 3.05) is 31.1 Å². The van der Waals surface area contributed by atoms with Crippen LogP contribution in [0, 0.1) is 6.92 Å². The van der Waals surface area contributed by atoms with Crippen LogP contribution in [0.2, 0.25) is 0 Å². The quantitative estimate of drug-likeness (QED) is 0.738. The van der Waals surface area contributed by atoms with Gasteiger partial charge in [-0.25, -0.2) is 0 Å². The summed E-state index contributed by atoms with van der Waals surface area (Å²) >= 11 is 0. The molecule has 3 heterocycles. The minimum absolute atomic E-state index is 0.840. The molecule has 0 radical (unpaired) electrons. The number of aryl methyl sites for hydroxylation is 1. The number of rotatable bonds is 3. The fourth-order valence-electron chi connectivity index (χ4n) is 3.15. The largest absolute Gasteiger partial charge is 0.366 e. The van der Waals surface area contributed by atoms with Crippen LogP contribution in [0.1, 0.15) is 11.3 Å². The molecule has 0 aliphatic carbocycles. The predicted octanol–water partition coefficient (Wildman–Crippen LogP) is 1.75. The van der Waals surface area contributed by atoms with E-state index in [-0.39, 0.29) is 0 Å². The summed E-state index contributed by atoms with van der Waals surface area (Å²) in [4.78, 5) is 4.89. The lowest BCUT2D eigenvalue weighted by Crippen LogP contribution is -2.46. The molecule has 1 aliphatic heterocycles. The van der Waals surface area contributed by atoms with Crippen molar-refractivity contribution in [2.45, 2.75) is 13.5 Å². The standard InChI is InChI=1S/C17H20N6/c1-14-11-16(17-19-18-13-23(17)20-14)22-9-7-21(8-10-22)12-15-5-3-2-4-6-15/h2-6,11,13H,7-10,12H2,1H3. The van der Waals surface area contributed by atoms with Gasteiger partial charge in [-0.1, -0.05) is 30.3 Å². The van der Waals surface area contributed by atoms with Gasteiger partial charge in [-0.3, -0.25) is 4.90 Å². The molecule has 0 spiro atoms. The highest BCUT2D eigenvalue weighted by molar-refractivity contribution is 5.68. The van der Waals surface area contributed by atoms with E-state index in [2.05, 4.69) is 61.5 Å². The van der Waals surface area contributed by atoms with E-state index in [1.165, 1.54) is 5.56 Å². The van der Waals surface area contributed by atoms with Crippen LogP contribution in [0.15, 0.2) is 42.7 Å². The molecule has 118 valence electrons. The number of hydrogen-bond acceptors (Lipinski definition) is 5. The first-order chi connectivity index (χ1) is 11.3. The normalized spacial score (nSPS) is 16.1. The summed E-state index contributed by atoms with van der Waals surface area (Å²) in [6, 6.07) is 12.8. The Morgan fingerprint density at radius 1 is 1.04 bits per heavy atom. The smallest absolute Gasteiger partial charge is 0.200 e. The van der Waals surface area contributed by atoms with Crippen LogP contribution in [-0.2, 0) is 6.54 Å². The first kappa shape index (κ1) is 14.1. The lowest BCUT2D eigenvalue weighted by atomic mass is 10.2. The second-order valence-corrected chi connectivity index (χ2v) is 6.02. The van der Waals surface area contributed by atoms with Crippen molar-refractivity contribution in [3.05, 3.63) is 54.0 Å². The van der Waals surface area contributed by atoms with Crippen LogP contribution in [0.3, 0.4) is 0 Å². The number of nitrogens with zero attached hydrogens (tertiary/aromatic N) is 6. The topological polar surface area (TPSA) is 49.6 Å². The zero-order valence-corrected chi connectivity index (χ0v) is 13.3. The summed E-state index contributed by atoms with van der Waals surface area (Å²) in [5, 5.41) is 12.6. The summed E-state index contributed by atoms with van der Waals surface area (Å²) in [6.07, 6.45) is 1.66. The van der Waals surface area contributed by atoms with Crippen LogP contribution in [0.4, 0.5) is 5.69 Å². The van der Waals surface area contributed by atoms with Crippen LogP contribution >= 0.6 is 0 Å². The number of hydrogen-bond donors (Lipinski definition) is 0. The van der Waals surface area contributed by atoms with E-state index < -0.39 is 0 Å². The third kappa shape index (κ3) is 2.90. The fourth-order valence-corrected chi connectivity index (χ4v) is 3.15. The molecule has 0 saturated carbocycles. The molecular formula is C17H20N6. The average Bonchev–Trinajstić information content (AvgIpc) is 3.04. The van der Waals surface area contributed by atoms with Gasteiger partial charge in [0.25, 0.3) is 0 Å². The number of piperazine rings is 1.